The molecule has 0 spiro atoms. The Bertz CT molecular complexity index is 1190. The first-order valence-corrected chi connectivity index (χ1v) is 11.8. The topological polar surface area (TPSA) is 57.7 Å². The zero-order chi connectivity index (χ0) is 22.2. The number of benzene rings is 2. The van der Waals surface area contributed by atoms with Crippen molar-refractivity contribution in [3.8, 4) is 0 Å². The van der Waals surface area contributed by atoms with Crippen LogP contribution in [0.1, 0.15) is 23.1 Å². The van der Waals surface area contributed by atoms with Crippen molar-refractivity contribution >= 4 is 28.8 Å². The molecule has 1 amide bonds. The summed E-state index contributed by atoms with van der Waals surface area (Å²) in [5.41, 5.74) is 6.70. The van der Waals surface area contributed by atoms with Gasteiger partial charge in [0.1, 0.15) is 5.82 Å². The van der Waals surface area contributed by atoms with Gasteiger partial charge in [0.25, 0.3) is 0 Å². The summed E-state index contributed by atoms with van der Waals surface area (Å²) in [5.74, 6) is 1.00. The second kappa shape index (κ2) is 8.52. The van der Waals surface area contributed by atoms with Crippen LogP contribution in [0.2, 0.25) is 0 Å². The third kappa shape index (κ3) is 3.85. The first-order valence-electron chi connectivity index (χ1n) is 11.8. The number of pyridine rings is 1. The Labute approximate surface area is 194 Å². The summed E-state index contributed by atoms with van der Waals surface area (Å²) in [4.78, 5) is 22.9. The van der Waals surface area contributed by atoms with Gasteiger partial charge in [-0.15, -0.1) is 0 Å². The monoisotopic (exact) mass is 440 g/mol. The van der Waals surface area contributed by atoms with Gasteiger partial charge in [-0.2, -0.15) is 0 Å². The van der Waals surface area contributed by atoms with Gasteiger partial charge in [0.2, 0.25) is 5.91 Å². The number of hydrogen-bond donors (Lipinski definition) is 1. The van der Waals surface area contributed by atoms with Crippen LogP contribution in [0.15, 0.2) is 60.8 Å². The van der Waals surface area contributed by atoms with Gasteiger partial charge < -0.3 is 19.9 Å². The minimum atomic E-state index is -0.0157. The van der Waals surface area contributed by atoms with Gasteiger partial charge in [-0.1, -0.05) is 30.3 Å². The third-order valence-electron chi connectivity index (χ3n) is 7.08. The van der Waals surface area contributed by atoms with E-state index in [-0.39, 0.29) is 11.8 Å². The lowest BCUT2D eigenvalue weighted by atomic mass is 9.83. The number of carbonyl (C=O) groups is 1. The quantitative estimate of drug-likeness (QED) is 0.643. The fraction of sp³-hybridized carbons (Fsp3) is 0.333. The predicted octanol–water partition coefficient (Wildman–Crippen LogP) is 4.31. The van der Waals surface area contributed by atoms with Crippen molar-refractivity contribution in [1.29, 1.82) is 0 Å². The smallest absolute Gasteiger partial charge is 0.230 e. The normalized spacial score (nSPS) is 19.6. The number of nitrogens with one attached hydrogen (secondary N) is 1. The largest absolute Gasteiger partial charge is 0.378 e. The molecule has 6 rings (SSSR count). The van der Waals surface area contributed by atoms with Crippen LogP contribution >= 0.6 is 0 Å². The molecule has 0 radical (unpaired) electrons. The Morgan fingerprint density at radius 3 is 2.70 bits per heavy atom. The lowest BCUT2D eigenvalue weighted by Crippen LogP contribution is -2.39. The molecule has 1 fully saturated rings. The van der Waals surface area contributed by atoms with Gasteiger partial charge in [0.05, 0.1) is 31.1 Å². The average Bonchev–Trinajstić information content (AvgIpc) is 3.05. The zero-order valence-electron chi connectivity index (χ0n) is 18.7. The van der Waals surface area contributed by atoms with Gasteiger partial charge in [-0.25, -0.2) is 4.98 Å². The fourth-order valence-electron chi connectivity index (χ4n) is 5.25. The predicted molar refractivity (Wildman–Crippen MR) is 130 cm³/mol. The van der Waals surface area contributed by atoms with Gasteiger partial charge in [0.15, 0.2) is 0 Å². The molecule has 1 unspecified atom stereocenters. The fourth-order valence-corrected chi connectivity index (χ4v) is 5.25. The number of carbonyl (C=O) groups excluding carboxylic acids is 1. The van der Waals surface area contributed by atoms with Crippen molar-refractivity contribution < 1.29 is 9.53 Å². The van der Waals surface area contributed by atoms with E-state index in [9.17, 15) is 4.79 Å². The van der Waals surface area contributed by atoms with E-state index in [1.165, 1.54) is 11.1 Å². The maximum atomic E-state index is 14.0. The van der Waals surface area contributed by atoms with Crippen molar-refractivity contribution in [2.24, 2.45) is 5.92 Å². The molecule has 3 heterocycles. The van der Waals surface area contributed by atoms with E-state index < -0.39 is 0 Å². The molecule has 33 heavy (non-hydrogen) atoms. The number of aryl methyl sites for hydroxylation is 1. The van der Waals surface area contributed by atoms with Crippen LogP contribution in [-0.4, -0.2) is 37.2 Å². The molecule has 2 aromatic carbocycles. The molecular formula is C27H28N4O2. The highest BCUT2D eigenvalue weighted by Gasteiger charge is 2.32. The molecule has 1 atom stereocenters. The average molecular weight is 441 g/mol. The molecule has 1 N–H and O–H groups in total. The van der Waals surface area contributed by atoms with Crippen molar-refractivity contribution in [1.82, 2.24) is 4.98 Å². The summed E-state index contributed by atoms with van der Waals surface area (Å²) >= 11 is 0. The molecule has 2 aliphatic heterocycles. The number of nitrogens with zero attached hydrogens (tertiary/aromatic N) is 3. The van der Waals surface area contributed by atoms with E-state index in [1.54, 1.807) is 6.20 Å². The lowest BCUT2D eigenvalue weighted by Gasteiger charge is -2.32. The number of aromatic nitrogens is 1. The lowest BCUT2D eigenvalue weighted by molar-refractivity contribution is -0.122. The highest BCUT2D eigenvalue weighted by Crippen LogP contribution is 2.39. The van der Waals surface area contributed by atoms with Crippen LogP contribution in [0.25, 0.3) is 0 Å². The highest BCUT2D eigenvalue weighted by atomic mass is 16.5. The van der Waals surface area contributed by atoms with Crippen molar-refractivity contribution in [2.45, 2.75) is 25.8 Å². The molecule has 168 valence electrons. The van der Waals surface area contributed by atoms with E-state index in [2.05, 4.69) is 63.7 Å². The van der Waals surface area contributed by atoms with Crippen LogP contribution in [0.5, 0.6) is 0 Å². The molecular weight excluding hydrogens is 412 g/mol. The Morgan fingerprint density at radius 1 is 1.00 bits per heavy atom. The number of morpholine rings is 1. The van der Waals surface area contributed by atoms with E-state index >= 15 is 0 Å². The van der Waals surface area contributed by atoms with Crippen molar-refractivity contribution in [3.05, 3.63) is 77.5 Å². The minimum absolute atomic E-state index is 0.0157. The maximum absolute atomic E-state index is 14.0. The van der Waals surface area contributed by atoms with E-state index in [0.29, 0.717) is 6.54 Å². The van der Waals surface area contributed by atoms with Crippen LogP contribution in [0, 0.1) is 5.92 Å². The molecule has 1 aliphatic carbocycles. The molecule has 6 heteroatoms. The summed E-state index contributed by atoms with van der Waals surface area (Å²) in [7, 11) is 0. The first-order chi connectivity index (χ1) is 16.3. The molecule has 3 aliphatic rings. The number of ether oxygens (including phenoxy) is 1. The Kier molecular flexibility index (Phi) is 5.23. The number of hydrogen-bond acceptors (Lipinski definition) is 5. The third-order valence-corrected chi connectivity index (χ3v) is 7.08. The minimum Gasteiger partial charge on any atom is -0.378 e. The summed E-state index contributed by atoms with van der Waals surface area (Å²) in [5, 5.41) is 3.49. The van der Waals surface area contributed by atoms with Crippen molar-refractivity contribution in [3.63, 3.8) is 0 Å². The standard InChI is InChI=1S/C27H28N4O2/c32-27(21-8-7-19-4-1-2-5-20(19)16-21)31-18-22-6-3-11-28-26(22)29-24-10-9-23(17-25(24)31)30-12-14-33-15-13-30/h1-6,9-11,17,21H,7-8,12-16,18H2,(H,28,29). The summed E-state index contributed by atoms with van der Waals surface area (Å²) < 4.78 is 5.54. The summed E-state index contributed by atoms with van der Waals surface area (Å²) in [6.45, 7) is 3.71. The SMILES string of the molecule is O=C(C1CCc2ccccc2C1)N1Cc2cccnc2Nc2ccc(N3CCOCC3)cc21. The van der Waals surface area contributed by atoms with Gasteiger partial charge in [-0.05, 0) is 54.7 Å². The van der Waals surface area contributed by atoms with Gasteiger partial charge >= 0.3 is 0 Å². The molecule has 1 aromatic heterocycles. The van der Waals surface area contributed by atoms with E-state index in [0.717, 1.165) is 74.0 Å². The summed E-state index contributed by atoms with van der Waals surface area (Å²) in [6.07, 6.45) is 4.44. The Balaban J connectivity index is 1.38. The molecule has 0 saturated carbocycles. The van der Waals surface area contributed by atoms with Gasteiger partial charge in [-0.3, -0.25) is 4.79 Å². The van der Waals surface area contributed by atoms with E-state index in [4.69, 9.17) is 4.74 Å². The molecule has 1 saturated heterocycles. The van der Waals surface area contributed by atoms with Crippen LogP contribution < -0.4 is 15.1 Å². The zero-order valence-corrected chi connectivity index (χ0v) is 18.7. The second-order valence-corrected chi connectivity index (χ2v) is 9.07. The highest BCUT2D eigenvalue weighted by molar-refractivity contribution is 6.00. The molecule has 6 nitrogen and oxygen atoms in total. The number of fused-ring (bicyclic) bond motifs is 3. The number of amides is 1. The van der Waals surface area contributed by atoms with E-state index in [1.807, 2.05) is 11.0 Å². The van der Waals surface area contributed by atoms with Crippen LogP contribution in [0.3, 0.4) is 0 Å². The Morgan fingerprint density at radius 2 is 1.82 bits per heavy atom. The van der Waals surface area contributed by atoms with Crippen molar-refractivity contribution in [2.75, 3.05) is 41.4 Å². The number of anilines is 4. The molecule has 3 aromatic rings. The second-order valence-electron chi connectivity index (χ2n) is 9.07. The maximum Gasteiger partial charge on any atom is 0.230 e. The molecule has 0 bridgehead atoms. The first kappa shape index (κ1) is 20.2. The van der Waals surface area contributed by atoms with Crippen LogP contribution in [-0.2, 0) is 28.9 Å². The van der Waals surface area contributed by atoms with Crippen LogP contribution in [0.4, 0.5) is 22.9 Å². The number of rotatable bonds is 2. The summed E-state index contributed by atoms with van der Waals surface area (Å²) in [6, 6.07) is 18.9. The Hall–Kier alpha value is -3.38. The van der Waals surface area contributed by atoms with Gasteiger partial charge in [0, 0.05) is 36.5 Å².